The van der Waals surface area contributed by atoms with Crippen molar-refractivity contribution in [3.8, 4) is 0 Å². The molecular weight excluding hydrogens is 406 g/mol. The van der Waals surface area contributed by atoms with Crippen LogP contribution in [0.4, 0.5) is 5.95 Å². The fourth-order valence-corrected chi connectivity index (χ4v) is 4.85. The van der Waals surface area contributed by atoms with E-state index in [9.17, 15) is 9.59 Å². The summed E-state index contributed by atoms with van der Waals surface area (Å²) in [6.45, 7) is 9.63. The molecule has 2 aliphatic heterocycles. The SMILES string of the molecule is CC(C)=CCn1c(N2CCCC(N)C2)nc2c1c(=O)n(C)c(=O)n2CCN1CCCCC1. The molecule has 2 fully saturated rings. The number of likely N-dealkylation sites (tertiary alicyclic amines) is 1. The summed E-state index contributed by atoms with van der Waals surface area (Å²) in [5, 5.41) is 0. The molecule has 0 spiro atoms. The normalized spacial score (nSPS) is 20.1. The lowest BCUT2D eigenvalue weighted by molar-refractivity contribution is 0.220. The van der Waals surface area contributed by atoms with Crippen molar-refractivity contribution in [3.63, 3.8) is 0 Å². The number of aromatic nitrogens is 4. The third-order valence-electron chi connectivity index (χ3n) is 6.72. The van der Waals surface area contributed by atoms with E-state index >= 15 is 0 Å². The van der Waals surface area contributed by atoms with Crippen molar-refractivity contribution in [3.05, 3.63) is 32.5 Å². The van der Waals surface area contributed by atoms with E-state index in [-0.39, 0.29) is 17.3 Å². The van der Waals surface area contributed by atoms with Crippen molar-refractivity contribution in [1.82, 2.24) is 23.6 Å². The highest BCUT2D eigenvalue weighted by molar-refractivity contribution is 5.75. The summed E-state index contributed by atoms with van der Waals surface area (Å²) >= 11 is 0. The van der Waals surface area contributed by atoms with Gasteiger partial charge in [-0.3, -0.25) is 13.9 Å². The van der Waals surface area contributed by atoms with Gasteiger partial charge in [0, 0.05) is 45.8 Å². The second-order valence-electron chi connectivity index (χ2n) is 9.53. The minimum atomic E-state index is -0.298. The highest BCUT2D eigenvalue weighted by atomic mass is 16.2. The van der Waals surface area contributed by atoms with E-state index in [0.29, 0.717) is 30.8 Å². The lowest BCUT2D eigenvalue weighted by Crippen LogP contribution is -2.44. The highest BCUT2D eigenvalue weighted by Gasteiger charge is 2.26. The summed E-state index contributed by atoms with van der Waals surface area (Å²) < 4.78 is 4.89. The largest absolute Gasteiger partial charge is 0.341 e. The van der Waals surface area contributed by atoms with Gasteiger partial charge in [-0.25, -0.2) is 4.79 Å². The summed E-state index contributed by atoms with van der Waals surface area (Å²) in [5.74, 6) is 0.738. The zero-order chi connectivity index (χ0) is 22.8. The molecule has 9 heteroatoms. The number of piperidine rings is 2. The summed E-state index contributed by atoms with van der Waals surface area (Å²) in [6, 6.07) is 0.0876. The van der Waals surface area contributed by atoms with Crippen molar-refractivity contribution in [2.75, 3.05) is 37.6 Å². The fourth-order valence-electron chi connectivity index (χ4n) is 4.85. The molecule has 0 aromatic carbocycles. The van der Waals surface area contributed by atoms with Gasteiger partial charge in [0.05, 0.1) is 0 Å². The number of allylic oxidation sites excluding steroid dienone is 2. The highest BCUT2D eigenvalue weighted by Crippen LogP contribution is 2.23. The molecule has 4 rings (SSSR count). The Morgan fingerprint density at radius 1 is 1.06 bits per heavy atom. The molecule has 32 heavy (non-hydrogen) atoms. The molecule has 2 aromatic heterocycles. The maximum absolute atomic E-state index is 13.2. The van der Waals surface area contributed by atoms with Gasteiger partial charge in [-0.15, -0.1) is 0 Å². The van der Waals surface area contributed by atoms with Crippen LogP contribution in [0.5, 0.6) is 0 Å². The van der Waals surface area contributed by atoms with E-state index < -0.39 is 0 Å². The minimum absolute atomic E-state index is 0.0876. The zero-order valence-electron chi connectivity index (χ0n) is 19.7. The van der Waals surface area contributed by atoms with Crippen LogP contribution in [-0.4, -0.2) is 62.4 Å². The lowest BCUT2D eigenvalue weighted by Gasteiger charge is -2.31. The second kappa shape index (κ2) is 9.62. The Labute approximate surface area is 189 Å². The Hall–Kier alpha value is -2.39. The molecule has 2 aliphatic rings. The molecule has 0 amide bonds. The van der Waals surface area contributed by atoms with E-state index in [0.717, 1.165) is 45.0 Å². The first kappa shape index (κ1) is 22.8. The molecule has 9 nitrogen and oxygen atoms in total. The number of hydrogen-bond donors (Lipinski definition) is 1. The Bertz CT molecular complexity index is 1100. The Balaban J connectivity index is 1.82. The quantitative estimate of drug-likeness (QED) is 0.676. The molecule has 2 N–H and O–H groups in total. The van der Waals surface area contributed by atoms with Crippen molar-refractivity contribution < 1.29 is 0 Å². The van der Waals surface area contributed by atoms with Crippen molar-refractivity contribution in [2.45, 2.75) is 65.1 Å². The first-order valence-electron chi connectivity index (χ1n) is 11.9. The first-order valence-corrected chi connectivity index (χ1v) is 11.9. The molecule has 2 saturated heterocycles. The maximum Gasteiger partial charge on any atom is 0.332 e. The van der Waals surface area contributed by atoms with Gasteiger partial charge in [0.1, 0.15) is 0 Å². The van der Waals surface area contributed by atoms with Crippen LogP contribution >= 0.6 is 0 Å². The summed E-state index contributed by atoms with van der Waals surface area (Å²) in [4.78, 5) is 35.8. The lowest BCUT2D eigenvalue weighted by atomic mass is 10.1. The zero-order valence-corrected chi connectivity index (χ0v) is 19.7. The molecule has 0 radical (unpaired) electrons. The molecule has 2 aromatic rings. The number of imidazole rings is 1. The van der Waals surface area contributed by atoms with Gasteiger partial charge in [-0.05, 0) is 52.6 Å². The monoisotopic (exact) mass is 443 g/mol. The van der Waals surface area contributed by atoms with Crippen molar-refractivity contribution in [1.29, 1.82) is 0 Å². The van der Waals surface area contributed by atoms with Crippen LogP contribution in [0, 0.1) is 0 Å². The van der Waals surface area contributed by atoms with E-state index in [1.54, 1.807) is 11.6 Å². The van der Waals surface area contributed by atoms with Gasteiger partial charge in [0.2, 0.25) is 5.95 Å². The van der Waals surface area contributed by atoms with E-state index in [4.69, 9.17) is 10.7 Å². The molecule has 176 valence electrons. The van der Waals surface area contributed by atoms with Gasteiger partial charge in [0.15, 0.2) is 11.2 Å². The van der Waals surface area contributed by atoms with Crippen LogP contribution in [0.2, 0.25) is 0 Å². The van der Waals surface area contributed by atoms with Gasteiger partial charge in [0.25, 0.3) is 5.56 Å². The van der Waals surface area contributed by atoms with Crippen LogP contribution < -0.4 is 21.9 Å². The van der Waals surface area contributed by atoms with E-state index in [2.05, 4.69) is 15.9 Å². The van der Waals surface area contributed by atoms with Crippen LogP contribution in [-0.2, 0) is 20.1 Å². The molecule has 1 unspecified atom stereocenters. The van der Waals surface area contributed by atoms with Crippen LogP contribution in [0.15, 0.2) is 21.2 Å². The van der Waals surface area contributed by atoms with Crippen molar-refractivity contribution in [2.24, 2.45) is 12.8 Å². The smallest absolute Gasteiger partial charge is 0.332 e. The van der Waals surface area contributed by atoms with Crippen LogP contribution in [0.1, 0.15) is 46.0 Å². The van der Waals surface area contributed by atoms with Gasteiger partial charge < -0.3 is 20.1 Å². The summed E-state index contributed by atoms with van der Waals surface area (Å²) in [6.07, 6.45) is 7.76. The minimum Gasteiger partial charge on any atom is -0.341 e. The Morgan fingerprint density at radius 2 is 1.81 bits per heavy atom. The molecule has 4 heterocycles. The van der Waals surface area contributed by atoms with Gasteiger partial charge in [-0.1, -0.05) is 18.1 Å². The number of nitrogens with zero attached hydrogens (tertiary/aromatic N) is 6. The third kappa shape index (κ3) is 4.54. The number of hydrogen-bond acceptors (Lipinski definition) is 6. The number of fused-ring (bicyclic) bond motifs is 1. The molecule has 1 atom stereocenters. The fraction of sp³-hybridized carbons (Fsp3) is 0.696. The number of anilines is 1. The third-order valence-corrected chi connectivity index (χ3v) is 6.72. The van der Waals surface area contributed by atoms with E-state index in [1.165, 1.54) is 29.4 Å². The predicted molar refractivity (Wildman–Crippen MR) is 128 cm³/mol. The second-order valence-corrected chi connectivity index (χ2v) is 9.53. The molecular formula is C23H37N7O2. The Kier molecular flexibility index (Phi) is 6.85. The molecule has 0 bridgehead atoms. The van der Waals surface area contributed by atoms with Crippen LogP contribution in [0.3, 0.4) is 0 Å². The van der Waals surface area contributed by atoms with Gasteiger partial charge >= 0.3 is 5.69 Å². The molecule has 0 aliphatic carbocycles. The first-order chi connectivity index (χ1) is 15.4. The Morgan fingerprint density at radius 3 is 2.50 bits per heavy atom. The van der Waals surface area contributed by atoms with Crippen molar-refractivity contribution >= 4 is 17.1 Å². The van der Waals surface area contributed by atoms with Gasteiger partial charge in [-0.2, -0.15) is 4.98 Å². The predicted octanol–water partition coefficient (Wildman–Crippen LogP) is 1.28. The topological polar surface area (TPSA) is 94.3 Å². The van der Waals surface area contributed by atoms with Crippen LogP contribution in [0.25, 0.3) is 11.2 Å². The summed E-state index contributed by atoms with van der Waals surface area (Å²) in [5.41, 5.74) is 7.82. The van der Waals surface area contributed by atoms with E-state index in [1.807, 2.05) is 18.4 Å². The summed E-state index contributed by atoms with van der Waals surface area (Å²) in [7, 11) is 1.57. The maximum atomic E-state index is 13.2. The average Bonchev–Trinajstić information content (AvgIpc) is 3.16. The standard InChI is InChI=1S/C23H37N7O2/c1-17(2)9-13-29-19-20(25-22(29)28-12-7-8-18(24)16-28)30(23(32)26(3)21(19)31)15-14-27-10-5-4-6-11-27/h9,18H,4-8,10-16,24H2,1-3H3. The number of nitrogens with two attached hydrogens (primary N) is 1. The molecule has 0 saturated carbocycles. The average molecular weight is 444 g/mol. The number of rotatable bonds is 6.